The van der Waals surface area contributed by atoms with Crippen molar-refractivity contribution in [1.82, 2.24) is 5.48 Å². The van der Waals surface area contributed by atoms with Gasteiger partial charge in [0.05, 0.1) is 0 Å². The number of primary amides is 1. The molecule has 3 N–H and O–H groups in total. The van der Waals surface area contributed by atoms with Crippen LogP contribution in [0.1, 0.15) is 38.2 Å². The van der Waals surface area contributed by atoms with E-state index in [-0.39, 0.29) is 12.5 Å². The van der Waals surface area contributed by atoms with Crippen molar-refractivity contribution in [3.8, 4) is 0 Å². The molecule has 0 fully saturated rings. The molecule has 0 radical (unpaired) electrons. The van der Waals surface area contributed by atoms with Crippen LogP contribution in [0, 0.1) is 34.6 Å². The van der Waals surface area contributed by atoms with Crippen LogP contribution in [-0.4, -0.2) is 18.4 Å². The van der Waals surface area contributed by atoms with E-state index in [2.05, 4.69) is 5.48 Å². The largest absolute Gasteiger partial charge is 0.368 e. The van der Waals surface area contributed by atoms with Crippen molar-refractivity contribution in [3.63, 3.8) is 0 Å². The van der Waals surface area contributed by atoms with Crippen LogP contribution in [0.25, 0.3) is 0 Å². The van der Waals surface area contributed by atoms with Crippen molar-refractivity contribution in [2.24, 2.45) is 5.73 Å². The number of rotatable bonds is 4. The Morgan fingerprint density at radius 1 is 0.947 bits per heavy atom. The van der Waals surface area contributed by atoms with Crippen molar-refractivity contribution in [2.45, 2.75) is 34.6 Å². The predicted octanol–water partition coefficient (Wildman–Crippen LogP) is 1.38. The normalized spacial score (nSPS) is 10.4. The fourth-order valence-electron chi connectivity index (χ4n) is 2.06. The number of amides is 2. The molecule has 0 aliphatic rings. The SMILES string of the molecule is Cc1c(C)c(C)c(C(=O)NOCC(N)=O)c(C)c1C. The summed E-state index contributed by atoms with van der Waals surface area (Å²) >= 11 is 0. The van der Waals surface area contributed by atoms with Crippen molar-refractivity contribution in [3.05, 3.63) is 33.4 Å². The van der Waals surface area contributed by atoms with Gasteiger partial charge in [-0.2, -0.15) is 0 Å². The van der Waals surface area contributed by atoms with Gasteiger partial charge in [0.15, 0.2) is 6.61 Å². The van der Waals surface area contributed by atoms with Gasteiger partial charge in [0, 0.05) is 5.56 Å². The monoisotopic (exact) mass is 264 g/mol. The number of nitrogens with two attached hydrogens (primary N) is 1. The third-order valence-electron chi connectivity index (χ3n) is 3.61. The zero-order valence-corrected chi connectivity index (χ0v) is 12.0. The summed E-state index contributed by atoms with van der Waals surface area (Å²) in [6.07, 6.45) is 0. The topological polar surface area (TPSA) is 81.4 Å². The molecule has 104 valence electrons. The van der Waals surface area contributed by atoms with E-state index in [1.807, 2.05) is 34.6 Å². The maximum atomic E-state index is 12.1. The first-order valence-electron chi connectivity index (χ1n) is 6.04. The second-order valence-corrected chi connectivity index (χ2v) is 4.69. The molecule has 5 heteroatoms. The predicted molar refractivity (Wildman–Crippen MR) is 72.7 cm³/mol. The van der Waals surface area contributed by atoms with Crippen molar-refractivity contribution in [1.29, 1.82) is 0 Å². The van der Waals surface area contributed by atoms with Gasteiger partial charge in [-0.1, -0.05) is 0 Å². The van der Waals surface area contributed by atoms with Crippen molar-refractivity contribution < 1.29 is 14.4 Å². The van der Waals surface area contributed by atoms with Crippen LogP contribution < -0.4 is 11.2 Å². The average molecular weight is 264 g/mol. The summed E-state index contributed by atoms with van der Waals surface area (Å²) in [5.74, 6) is -0.993. The molecule has 0 unspecified atom stereocenters. The quantitative estimate of drug-likeness (QED) is 0.806. The van der Waals surface area contributed by atoms with Gasteiger partial charge in [-0.15, -0.1) is 0 Å². The molecule has 0 aliphatic heterocycles. The van der Waals surface area contributed by atoms with Gasteiger partial charge in [-0.05, 0) is 62.4 Å². The van der Waals surface area contributed by atoms with Gasteiger partial charge in [-0.3, -0.25) is 14.4 Å². The Kier molecular flexibility index (Phi) is 4.67. The number of nitrogens with one attached hydrogen (secondary N) is 1. The Balaban J connectivity index is 3.07. The van der Waals surface area contributed by atoms with Crippen molar-refractivity contribution in [2.75, 3.05) is 6.61 Å². The summed E-state index contributed by atoms with van der Waals surface area (Å²) < 4.78 is 0. The van der Waals surface area contributed by atoms with Crippen LogP contribution in [0.2, 0.25) is 0 Å². The summed E-state index contributed by atoms with van der Waals surface area (Å²) in [5, 5.41) is 0. The number of hydroxylamine groups is 1. The minimum atomic E-state index is -0.634. The molecule has 1 aromatic carbocycles. The molecular formula is C14H20N2O3. The zero-order valence-electron chi connectivity index (χ0n) is 12.0. The minimum Gasteiger partial charge on any atom is -0.368 e. The van der Waals surface area contributed by atoms with Crippen LogP contribution >= 0.6 is 0 Å². The Morgan fingerprint density at radius 3 is 1.79 bits per heavy atom. The summed E-state index contributed by atoms with van der Waals surface area (Å²) in [6, 6.07) is 0. The van der Waals surface area contributed by atoms with Gasteiger partial charge >= 0.3 is 0 Å². The van der Waals surface area contributed by atoms with Crippen LogP contribution in [0.3, 0.4) is 0 Å². The molecule has 0 aliphatic carbocycles. The van der Waals surface area contributed by atoms with Crippen LogP contribution in [0.5, 0.6) is 0 Å². The van der Waals surface area contributed by atoms with E-state index in [9.17, 15) is 9.59 Å². The summed E-state index contributed by atoms with van der Waals surface area (Å²) in [6.45, 7) is 9.47. The standard InChI is InChI=1S/C14H20N2O3/c1-7-8(2)10(4)13(11(5)9(7)3)14(18)16-19-6-12(15)17/h6H2,1-5H3,(H2,15,17)(H,16,18). The zero-order chi connectivity index (χ0) is 14.7. The fourth-order valence-corrected chi connectivity index (χ4v) is 2.06. The Labute approximate surface area is 113 Å². The molecule has 0 saturated carbocycles. The highest BCUT2D eigenvalue weighted by Gasteiger charge is 2.18. The lowest BCUT2D eigenvalue weighted by molar-refractivity contribution is -0.124. The molecule has 0 spiro atoms. The molecule has 19 heavy (non-hydrogen) atoms. The van der Waals surface area contributed by atoms with Crippen LogP contribution in [0.4, 0.5) is 0 Å². The van der Waals surface area contributed by atoms with E-state index in [1.165, 1.54) is 5.56 Å². The lowest BCUT2D eigenvalue weighted by atomic mass is 9.89. The molecule has 1 aromatic rings. The molecule has 0 saturated heterocycles. The molecular weight excluding hydrogens is 244 g/mol. The first kappa shape index (κ1) is 15.2. The molecule has 0 bridgehead atoms. The number of carbonyl (C=O) groups excluding carboxylic acids is 2. The van der Waals surface area contributed by atoms with E-state index in [0.29, 0.717) is 5.56 Å². The van der Waals surface area contributed by atoms with E-state index in [4.69, 9.17) is 10.6 Å². The fraction of sp³-hybridized carbons (Fsp3) is 0.429. The second kappa shape index (κ2) is 5.84. The second-order valence-electron chi connectivity index (χ2n) is 4.69. The Bertz CT molecular complexity index is 507. The Hall–Kier alpha value is -1.88. The third-order valence-corrected chi connectivity index (χ3v) is 3.61. The van der Waals surface area contributed by atoms with Gasteiger partial charge < -0.3 is 5.73 Å². The first-order chi connectivity index (χ1) is 8.77. The van der Waals surface area contributed by atoms with Gasteiger partial charge in [0.25, 0.3) is 5.91 Å². The smallest absolute Gasteiger partial charge is 0.275 e. The lowest BCUT2D eigenvalue weighted by Gasteiger charge is -2.17. The highest BCUT2D eigenvalue weighted by molar-refractivity contribution is 5.97. The molecule has 2 amide bonds. The summed E-state index contributed by atoms with van der Waals surface area (Å²) in [7, 11) is 0. The van der Waals surface area contributed by atoms with Crippen LogP contribution in [-0.2, 0) is 9.63 Å². The Morgan fingerprint density at radius 2 is 1.37 bits per heavy atom. The lowest BCUT2D eigenvalue weighted by Crippen LogP contribution is -2.30. The number of carbonyl (C=O) groups is 2. The molecule has 5 nitrogen and oxygen atoms in total. The highest BCUT2D eigenvalue weighted by atomic mass is 16.7. The molecule has 1 rings (SSSR count). The van der Waals surface area contributed by atoms with Gasteiger partial charge in [-0.25, -0.2) is 5.48 Å². The average Bonchev–Trinajstić information content (AvgIpc) is 2.34. The van der Waals surface area contributed by atoms with Gasteiger partial charge in [0.2, 0.25) is 5.91 Å². The third kappa shape index (κ3) is 3.12. The summed E-state index contributed by atoms with van der Waals surface area (Å²) in [5.41, 5.74) is 13.0. The van der Waals surface area contributed by atoms with Crippen molar-refractivity contribution >= 4 is 11.8 Å². The maximum Gasteiger partial charge on any atom is 0.275 e. The summed E-state index contributed by atoms with van der Waals surface area (Å²) in [4.78, 5) is 27.4. The van der Waals surface area contributed by atoms with E-state index in [0.717, 1.165) is 22.3 Å². The van der Waals surface area contributed by atoms with E-state index < -0.39 is 5.91 Å². The molecule has 0 atom stereocenters. The molecule has 0 aromatic heterocycles. The maximum absolute atomic E-state index is 12.1. The number of hydrogen-bond donors (Lipinski definition) is 2. The van der Waals surface area contributed by atoms with Gasteiger partial charge in [0.1, 0.15) is 0 Å². The first-order valence-corrected chi connectivity index (χ1v) is 6.04. The number of benzene rings is 1. The van der Waals surface area contributed by atoms with E-state index in [1.54, 1.807) is 0 Å². The van der Waals surface area contributed by atoms with E-state index >= 15 is 0 Å². The minimum absolute atomic E-state index is 0.340. The van der Waals surface area contributed by atoms with Crippen LogP contribution in [0.15, 0.2) is 0 Å². The highest BCUT2D eigenvalue weighted by Crippen LogP contribution is 2.25. The number of hydrogen-bond acceptors (Lipinski definition) is 3. The molecule has 0 heterocycles.